The third kappa shape index (κ3) is 3.43. The largest absolute Gasteiger partial charge is 0.385 e. The van der Waals surface area contributed by atoms with Gasteiger partial charge in [-0.25, -0.2) is 0 Å². The number of rotatable bonds is 5. The van der Waals surface area contributed by atoms with E-state index in [0.717, 1.165) is 6.42 Å². The SMILES string of the molecule is COCCC(C)N1CC(=O)NC(C(C)C)C1=O. The molecule has 0 aromatic rings. The first-order valence-electron chi connectivity index (χ1n) is 6.06. The number of nitrogens with zero attached hydrogens (tertiary/aromatic N) is 1. The molecule has 1 saturated heterocycles. The van der Waals surface area contributed by atoms with E-state index in [4.69, 9.17) is 4.74 Å². The molecule has 2 amide bonds. The van der Waals surface area contributed by atoms with E-state index in [1.807, 2.05) is 20.8 Å². The number of carbonyl (C=O) groups is 2. The van der Waals surface area contributed by atoms with Crippen LogP contribution in [0.5, 0.6) is 0 Å². The van der Waals surface area contributed by atoms with Gasteiger partial charge in [0.15, 0.2) is 0 Å². The molecule has 0 radical (unpaired) electrons. The summed E-state index contributed by atoms with van der Waals surface area (Å²) < 4.78 is 5.00. The van der Waals surface area contributed by atoms with Crippen LogP contribution in [0.1, 0.15) is 27.2 Å². The summed E-state index contributed by atoms with van der Waals surface area (Å²) in [6, 6.07) is -0.351. The summed E-state index contributed by atoms with van der Waals surface area (Å²) in [6.45, 7) is 6.58. The van der Waals surface area contributed by atoms with Gasteiger partial charge in [-0.1, -0.05) is 13.8 Å². The molecule has 0 bridgehead atoms. The van der Waals surface area contributed by atoms with Crippen LogP contribution >= 0.6 is 0 Å². The van der Waals surface area contributed by atoms with Crippen molar-refractivity contribution in [1.29, 1.82) is 0 Å². The second-order valence-electron chi connectivity index (χ2n) is 4.89. The van der Waals surface area contributed by atoms with Gasteiger partial charge < -0.3 is 15.0 Å². The Morgan fingerprint density at radius 1 is 1.41 bits per heavy atom. The highest BCUT2D eigenvalue weighted by molar-refractivity contribution is 5.95. The van der Waals surface area contributed by atoms with Crippen molar-refractivity contribution in [3.05, 3.63) is 0 Å². The van der Waals surface area contributed by atoms with E-state index in [9.17, 15) is 9.59 Å². The van der Waals surface area contributed by atoms with Gasteiger partial charge in [0.2, 0.25) is 11.8 Å². The molecule has 1 heterocycles. The van der Waals surface area contributed by atoms with E-state index in [2.05, 4.69) is 5.32 Å². The van der Waals surface area contributed by atoms with Gasteiger partial charge in [-0.2, -0.15) is 0 Å². The molecule has 5 nitrogen and oxygen atoms in total. The van der Waals surface area contributed by atoms with E-state index in [1.165, 1.54) is 0 Å². The minimum absolute atomic E-state index is 0.0169. The first-order valence-corrected chi connectivity index (χ1v) is 6.06. The standard InChI is InChI=1S/C12H22N2O3/c1-8(2)11-12(16)14(7-10(15)13-11)9(3)5-6-17-4/h8-9,11H,5-7H2,1-4H3,(H,13,15). The summed E-state index contributed by atoms with van der Waals surface area (Å²) in [7, 11) is 1.63. The van der Waals surface area contributed by atoms with E-state index in [0.29, 0.717) is 6.61 Å². The normalized spacial score (nSPS) is 22.9. The number of amides is 2. The molecule has 0 aromatic carbocycles. The summed E-state index contributed by atoms with van der Waals surface area (Å²) in [4.78, 5) is 25.4. The van der Waals surface area contributed by atoms with Gasteiger partial charge in [-0.15, -0.1) is 0 Å². The molecule has 5 heteroatoms. The predicted molar refractivity (Wildman–Crippen MR) is 64.4 cm³/mol. The van der Waals surface area contributed by atoms with Crippen molar-refractivity contribution in [2.75, 3.05) is 20.3 Å². The maximum Gasteiger partial charge on any atom is 0.246 e. The monoisotopic (exact) mass is 242 g/mol. The zero-order chi connectivity index (χ0) is 13.0. The molecule has 1 rings (SSSR count). The van der Waals surface area contributed by atoms with Crippen molar-refractivity contribution in [2.24, 2.45) is 5.92 Å². The van der Waals surface area contributed by atoms with E-state index in [-0.39, 0.29) is 36.4 Å². The minimum atomic E-state index is -0.388. The number of hydrogen-bond donors (Lipinski definition) is 1. The highest BCUT2D eigenvalue weighted by Crippen LogP contribution is 2.15. The second-order valence-corrected chi connectivity index (χ2v) is 4.89. The average Bonchev–Trinajstić information content (AvgIpc) is 2.28. The molecule has 2 atom stereocenters. The number of hydrogen-bond acceptors (Lipinski definition) is 3. The Bertz CT molecular complexity index is 291. The fourth-order valence-electron chi connectivity index (χ4n) is 1.96. The van der Waals surface area contributed by atoms with E-state index >= 15 is 0 Å². The summed E-state index contributed by atoms with van der Waals surface area (Å²) in [5, 5.41) is 2.75. The van der Waals surface area contributed by atoms with E-state index < -0.39 is 0 Å². The fraction of sp³-hybridized carbons (Fsp3) is 0.833. The van der Waals surface area contributed by atoms with Crippen LogP contribution in [-0.2, 0) is 14.3 Å². The molecule has 98 valence electrons. The number of nitrogens with one attached hydrogen (secondary N) is 1. The molecule has 2 unspecified atom stereocenters. The fourth-order valence-corrected chi connectivity index (χ4v) is 1.96. The van der Waals surface area contributed by atoms with Gasteiger partial charge in [0.1, 0.15) is 6.04 Å². The Morgan fingerprint density at radius 2 is 2.06 bits per heavy atom. The van der Waals surface area contributed by atoms with Crippen LogP contribution in [0, 0.1) is 5.92 Å². The van der Waals surface area contributed by atoms with Gasteiger partial charge in [0.05, 0.1) is 6.54 Å². The summed E-state index contributed by atoms with van der Waals surface area (Å²) in [5.74, 6) is 0.0552. The van der Waals surface area contributed by atoms with Crippen molar-refractivity contribution in [3.63, 3.8) is 0 Å². The van der Waals surface area contributed by atoms with Crippen LogP contribution in [0.4, 0.5) is 0 Å². The maximum atomic E-state index is 12.2. The Morgan fingerprint density at radius 3 is 2.59 bits per heavy atom. The Kier molecular flexibility index (Phi) is 4.93. The first-order chi connectivity index (χ1) is 7.97. The lowest BCUT2D eigenvalue weighted by molar-refractivity contribution is -0.147. The molecule has 1 fully saturated rings. The number of piperazine rings is 1. The van der Waals surface area contributed by atoms with Gasteiger partial charge >= 0.3 is 0 Å². The number of carbonyl (C=O) groups excluding carboxylic acids is 2. The van der Waals surface area contributed by atoms with Crippen molar-refractivity contribution >= 4 is 11.8 Å². The van der Waals surface area contributed by atoms with Crippen LogP contribution in [-0.4, -0.2) is 49.1 Å². The maximum absolute atomic E-state index is 12.2. The zero-order valence-electron chi connectivity index (χ0n) is 11.0. The number of methoxy groups -OCH3 is 1. The Balaban J connectivity index is 2.70. The second kappa shape index (κ2) is 6.00. The van der Waals surface area contributed by atoms with Crippen LogP contribution in [0.15, 0.2) is 0 Å². The molecule has 0 aromatic heterocycles. The molecular weight excluding hydrogens is 220 g/mol. The Hall–Kier alpha value is -1.10. The first kappa shape index (κ1) is 14.0. The quantitative estimate of drug-likeness (QED) is 0.759. The van der Waals surface area contributed by atoms with Crippen molar-refractivity contribution < 1.29 is 14.3 Å². The van der Waals surface area contributed by atoms with Crippen LogP contribution in [0.3, 0.4) is 0 Å². The minimum Gasteiger partial charge on any atom is -0.385 e. The van der Waals surface area contributed by atoms with Crippen molar-refractivity contribution in [2.45, 2.75) is 39.3 Å². The lowest BCUT2D eigenvalue weighted by Gasteiger charge is -2.37. The van der Waals surface area contributed by atoms with E-state index in [1.54, 1.807) is 12.0 Å². The van der Waals surface area contributed by atoms with Crippen LogP contribution in [0.2, 0.25) is 0 Å². The average molecular weight is 242 g/mol. The highest BCUT2D eigenvalue weighted by atomic mass is 16.5. The lowest BCUT2D eigenvalue weighted by atomic mass is 9.99. The summed E-state index contributed by atoms with van der Waals surface area (Å²) in [6.07, 6.45) is 0.750. The molecule has 1 aliphatic rings. The van der Waals surface area contributed by atoms with Gasteiger partial charge in [0, 0.05) is 19.8 Å². The molecule has 0 saturated carbocycles. The van der Waals surface area contributed by atoms with Crippen LogP contribution < -0.4 is 5.32 Å². The lowest BCUT2D eigenvalue weighted by Crippen LogP contribution is -2.61. The van der Waals surface area contributed by atoms with Gasteiger partial charge in [0.25, 0.3) is 0 Å². The van der Waals surface area contributed by atoms with Crippen molar-refractivity contribution in [3.8, 4) is 0 Å². The van der Waals surface area contributed by atoms with Crippen LogP contribution in [0.25, 0.3) is 0 Å². The van der Waals surface area contributed by atoms with Gasteiger partial charge in [-0.05, 0) is 19.3 Å². The third-order valence-electron chi connectivity index (χ3n) is 3.12. The topological polar surface area (TPSA) is 58.6 Å². The zero-order valence-corrected chi connectivity index (χ0v) is 11.0. The van der Waals surface area contributed by atoms with Gasteiger partial charge in [-0.3, -0.25) is 9.59 Å². The molecule has 1 N–H and O–H groups in total. The highest BCUT2D eigenvalue weighted by Gasteiger charge is 2.36. The molecular formula is C12H22N2O3. The number of ether oxygens (including phenoxy) is 1. The molecule has 1 aliphatic heterocycles. The molecule has 0 spiro atoms. The molecule has 17 heavy (non-hydrogen) atoms. The third-order valence-corrected chi connectivity index (χ3v) is 3.12. The molecule has 0 aliphatic carbocycles. The summed E-state index contributed by atoms with van der Waals surface area (Å²) in [5.41, 5.74) is 0. The predicted octanol–water partition coefficient (Wildman–Crippen LogP) is 0.394. The summed E-state index contributed by atoms with van der Waals surface area (Å²) >= 11 is 0. The smallest absolute Gasteiger partial charge is 0.246 e. The van der Waals surface area contributed by atoms with Crippen molar-refractivity contribution in [1.82, 2.24) is 10.2 Å². The Labute approximate surface area is 102 Å².